The van der Waals surface area contributed by atoms with E-state index in [1.807, 2.05) is 24.4 Å². The Bertz CT molecular complexity index is 2450. The van der Waals surface area contributed by atoms with Crippen LogP contribution in [0.5, 0.6) is 5.75 Å². The van der Waals surface area contributed by atoms with Crippen molar-refractivity contribution in [3.8, 4) is 60.8 Å². The first-order chi connectivity index (χ1) is 23.3. The van der Waals surface area contributed by atoms with E-state index in [4.69, 9.17) is 9.97 Å². The number of fused-ring (bicyclic) bond motifs is 2. The van der Waals surface area contributed by atoms with Gasteiger partial charge in [-0.05, 0) is 57.5 Å². The maximum atomic E-state index is 11.0. The van der Waals surface area contributed by atoms with Crippen molar-refractivity contribution in [2.24, 2.45) is 0 Å². The monoisotopic (exact) mass is 832 g/mol. The number of phenols is 1. The molecule has 0 saturated carbocycles. The van der Waals surface area contributed by atoms with Gasteiger partial charge in [0, 0.05) is 42.9 Å². The second-order valence-electron chi connectivity index (χ2n) is 13.1. The summed E-state index contributed by atoms with van der Waals surface area (Å²) in [6.45, 7) is 6.55. The van der Waals surface area contributed by atoms with E-state index in [9.17, 15) is 5.11 Å². The summed E-state index contributed by atoms with van der Waals surface area (Å²) in [6, 6.07) is 49.7. The van der Waals surface area contributed by atoms with Crippen LogP contribution in [-0.4, -0.2) is 15.1 Å². The van der Waals surface area contributed by atoms with Crippen LogP contribution in [0.2, 0.25) is 0 Å². The Kier molecular flexibility index (Phi) is 8.79. The minimum atomic E-state index is -0.0570. The molecular formula is C44H33N2OPtS-. The first-order valence-electron chi connectivity index (χ1n) is 16.1. The molecule has 8 aromatic rings. The minimum absolute atomic E-state index is 0. The molecule has 242 valence electrons. The van der Waals surface area contributed by atoms with Crippen LogP contribution in [0, 0.1) is 6.07 Å². The molecule has 2 heterocycles. The fraction of sp³-hybridized carbons (Fsp3) is 0.0909. The van der Waals surface area contributed by atoms with Crippen molar-refractivity contribution in [3.05, 3.63) is 151 Å². The van der Waals surface area contributed by atoms with E-state index in [0.29, 0.717) is 0 Å². The number of aromatic hydroxyl groups is 1. The Hall–Kier alpha value is -4.89. The summed E-state index contributed by atoms with van der Waals surface area (Å²) in [5.41, 5.74) is 12.2. The van der Waals surface area contributed by atoms with Gasteiger partial charge >= 0.3 is 0 Å². The smallest absolute Gasteiger partial charge is 0.127 e. The molecule has 0 bridgehead atoms. The van der Waals surface area contributed by atoms with E-state index < -0.39 is 0 Å². The molecule has 0 atom stereocenters. The van der Waals surface area contributed by atoms with Crippen LogP contribution in [-0.2, 0) is 26.5 Å². The van der Waals surface area contributed by atoms with Crippen LogP contribution in [0.15, 0.2) is 140 Å². The third kappa shape index (κ3) is 6.23. The average molecular weight is 833 g/mol. The first kappa shape index (κ1) is 32.6. The van der Waals surface area contributed by atoms with Crippen molar-refractivity contribution in [1.29, 1.82) is 0 Å². The van der Waals surface area contributed by atoms with Gasteiger partial charge in [0.25, 0.3) is 0 Å². The predicted molar refractivity (Wildman–Crippen MR) is 201 cm³/mol. The second-order valence-corrected chi connectivity index (χ2v) is 14.2. The van der Waals surface area contributed by atoms with Gasteiger partial charge < -0.3 is 5.11 Å². The molecule has 0 aliphatic rings. The Morgan fingerprint density at radius 3 is 2.02 bits per heavy atom. The Balaban J connectivity index is 0.00000378. The topological polar surface area (TPSA) is 46.0 Å². The Morgan fingerprint density at radius 2 is 1.29 bits per heavy atom. The number of aromatic nitrogens is 2. The van der Waals surface area contributed by atoms with Crippen molar-refractivity contribution in [3.63, 3.8) is 0 Å². The molecule has 5 heteroatoms. The van der Waals surface area contributed by atoms with Gasteiger partial charge in [-0.25, -0.2) is 4.98 Å². The van der Waals surface area contributed by atoms with Crippen LogP contribution in [0.3, 0.4) is 0 Å². The van der Waals surface area contributed by atoms with Crippen LogP contribution < -0.4 is 0 Å². The molecule has 0 saturated heterocycles. The summed E-state index contributed by atoms with van der Waals surface area (Å²) >= 11 is 1.61. The third-order valence-corrected chi connectivity index (χ3v) is 9.96. The van der Waals surface area contributed by atoms with Gasteiger partial charge in [-0.2, -0.15) is 0 Å². The Labute approximate surface area is 305 Å². The molecule has 0 aliphatic heterocycles. The molecule has 0 spiro atoms. The summed E-state index contributed by atoms with van der Waals surface area (Å²) in [7, 11) is 0. The standard InChI is InChI=1S/C44H33N2OS.Pt/c1-44(2,3)33-20-21-39(47)38(27-33)43-46-42-37(25-32(26-40(42)48-43)28-12-6-4-7-13-28)31-17-10-16-30(24-31)35-18-11-19-36-34(22-23-45-41(35)36)29-14-8-5-9-15-29;/h4-23,25-27,47H,1-3H3;/q-1;. The van der Waals surface area contributed by atoms with E-state index in [0.717, 1.165) is 76.2 Å². The van der Waals surface area contributed by atoms with E-state index >= 15 is 0 Å². The summed E-state index contributed by atoms with van der Waals surface area (Å²) in [4.78, 5) is 10.1. The number of pyridine rings is 1. The second kappa shape index (κ2) is 13.2. The number of nitrogens with zero attached hydrogens (tertiary/aromatic N) is 2. The maximum absolute atomic E-state index is 11.0. The van der Waals surface area contributed by atoms with Crippen molar-refractivity contribution >= 4 is 32.5 Å². The quantitative estimate of drug-likeness (QED) is 0.176. The molecule has 0 fully saturated rings. The summed E-state index contributed by atoms with van der Waals surface area (Å²) in [5, 5.41) is 12.9. The number of hydrogen-bond acceptors (Lipinski definition) is 4. The van der Waals surface area contributed by atoms with Crippen LogP contribution in [0.1, 0.15) is 26.3 Å². The van der Waals surface area contributed by atoms with Gasteiger partial charge in [-0.3, -0.25) is 4.98 Å². The van der Waals surface area contributed by atoms with E-state index in [1.54, 1.807) is 17.4 Å². The minimum Gasteiger partial charge on any atom is -0.507 e. The van der Waals surface area contributed by atoms with E-state index in [1.165, 1.54) is 5.56 Å². The first-order valence-corrected chi connectivity index (χ1v) is 17.0. The molecule has 2 aromatic heterocycles. The molecule has 8 rings (SSSR count). The average Bonchev–Trinajstić information content (AvgIpc) is 3.55. The van der Waals surface area contributed by atoms with E-state index in [-0.39, 0.29) is 32.2 Å². The molecule has 0 amide bonds. The predicted octanol–water partition coefficient (Wildman–Crippen LogP) is 12.0. The molecular weight excluding hydrogens is 800 g/mol. The number of thiazole rings is 1. The maximum Gasteiger partial charge on any atom is 0.127 e. The normalized spacial score (nSPS) is 11.5. The van der Waals surface area contributed by atoms with Crippen molar-refractivity contribution in [1.82, 2.24) is 9.97 Å². The molecule has 0 unspecified atom stereocenters. The zero-order valence-electron chi connectivity index (χ0n) is 27.3. The molecule has 1 N–H and O–H groups in total. The van der Waals surface area contributed by atoms with Gasteiger partial charge in [0.1, 0.15) is 10.8 Å². The Morgan fingerprint density at radius 1 is 0.592 bits per heavy atom. The SMILES string of the molecule is CC(C)(C)c1ccc(O)c(-c2nc3c(-c4[c-]c(-c5cccc6c(-c7ccccc7)ccnc56)ccc4)cc(-c4ccccc4)cc3s2)c1.[Pt]. The third-order valence-electron chi connectivity index (χ3n) is 8.93. The molecule has 6 aromatic carbocycles. The van der Waals surface area contributed by atoms with Crippen LogP contribution in [0.4, 0.5) is 0 Å². The zero-order valence-corrected chi connectivity index (χ0v) is 30.4. The number of para-hydroxylation sites is 1. The summed E-state index contributed by atoms with van der Waals surface area (Å²) < 4.78 is 1.06. The number of phenolic OH excluding ortho intramolecular Hbond substituents is 1. The largest absolute Gasteiger partial charge is 0.507 e. The van der Waals surface area contributed by atoms with Gasteiger partial charge in [-0.15, -0.1) is 46.7 Å². The number of rotatable bonds is 5. The van der Waals surface area contributed by atoms with Gasteiger partial charge in [0.05, 0.1) is 11.1 Å². The fourth-order valence-corrected chi connectivity index (χ4v) is 7.42. The van der Waals surface area contributed by atoms with Crippen LogP contribution in [0.25, 0.3) is 76.2 Å². The van der Waals surface area contributed by atoms with Gasteiger partial charge in [-0.1, -0.05) is 123 Å². The zero-order chi connectivity index (χ0) is 32.8. The van der Waals surface area contributed by atoms with Crippen molar-refractivity contribution < 1.29 is 26.2 Å². The van der Waals surface area contributed by atoms with Gasteiger partial charge in [0.2, 0.25) is 0 Å². The molecule has 0 aliphatic carbocycles. The van der Waals surface area contributed by atoms with Crippen LogP contribution >= 0.6 is 11.3 Å². The molecule has 3 nitrogen and oxygen atoms in total. The number of benzene rings is 6. The number of hydrogen-bond donors (Lipinski definition) is 1. The van der Waals surface area contributed by atoms with E-state index in [2.05, 4.69) is 136 Å². The molecule has 49 heavy (non-hydrogen) atoms. The van der Waals surface area contributed by atoms with Crippen molar-refractivity contribution in [2.45, 2.75) is 26.2 Å². The summed E-state index contributed by atoms with van der Waals surface area (Å²) in [5.74, 6) is 0.235. The van der Waals surface area contributed by atoms with Crippen molar-refractivity contribution in [2.75, 3.05) is 0 Å². The van der Waals surface area contributed by atoms with Gasteiger partial charge in [0.15, 0.2) is 0 Å². The molecule has 0 radical (unpaired) electrons. The summed E-state index contributed by atoms with van der Waals surface area (Å²) in [6.07, 6.45) is 1.89. The fourth-order valence-electron chi connectivity index (χ4n) is 6.37.